The lowest BCUT2D eigenvalue weighted by molar-refractivity contribution is -0.136. The van der Waals surface area contributed by atoms with Gasteiger partial charge in [0.2, 0.25) is 5.91 Å². The molecule has 2 heterocycles. The molecule has 0 aliphatic carbocycles. The van der Waals surface area contributed by atoms with Crippen LogP contribution in [0.3, 0.4) is 0 Å². The van der Waals surface area contributed by atoms with E-state index in [0.29, 0.717) is 26.1 Å². The summed E-state index contributed by atoms with van der Waals surface area (Å²) < 4.78 is 33.0. The van der Waals surface area contributed by atoms with E-state index < -0.39 is 22.3 Å². The largest absolute Gasteiger partial charge is 0.445 e. The van der Waals surface area contributed by atoms with E-state index in [4.69, 9.17) is 8.92 Å². The molecule has 2 saturated heterocycles. The Morgan fingerprint density at radius 2 is 2.12 bits per heavy atom. The minimum absolute atomic E-state index is 0.00462. The van der Waals surface area contributed by atoms with Crippen LogP contribution in [0.25, 0.3) is 0 Å². The van der Waals surface area contributed by atoms with Crippen molar-refractivity contribution in [2.24, 2.45) is 0 Å². The molecule has 0 N–H and O–H groups in total. The van der Waals surface area contributed by atoms with Crippen molar-refractivity contribution >= 4 is 22.1 Å². The van der Waals surface area contributed by atoms with Crippen LogP contribution < -0.4 is 0 Å². The van der Waals surface area contributed by atoms with Crippen molar-refractivity contribution in [3.05, 3.63) is 12.7 Å². The maximum Gasteiger partial charge on any atom is 0.410 e. The zero-order valence-corrected chi connectivity index (χ0v) is 16.1. The fourth-order valence-corrected chi connectivity index (χ4v) is 3.91. The topological polar surface area (TPSA) is 96.5 Å². The molecule has 148 valence electrons. The molecule has 0 spiro atoms. The van der Waals surface area contributed by atoms with Crippen molar-refractivity contribution in [3.63, 3.8) is 0 Å². The van der Waals surface area contributed by atoms with Crippen LogP contribution in [0.15, 0.2) is 12.7 Å². The Bertz CT molecular complexity index is 638. The lowest BCUT2D eigenvalue weighted by atomic mass is 10.1. The number of hydrogen-bond donors (Lipinski definition) is 0. The summed E-state index contributed by atoms with van der Waals surface area (Å²) in [5.74, 6) is 0.00462. The van der Waals surface area contributed by atoms with Crippen molar-refractivity contribution in [3.8, 4) is 0 Å². The normalized spacial score (nSPS) is 24.8. The number of hydrogen-bond acceptors (Lipinski definition) is 7. The highest BCUT2D eigenvalue weighted by molar-refractivity contribution is 7.86. The summed E-state index contributed by atoms with van der Waals surface area (Å²) >= 11 is 0. The van der Waals surface area contributed by atoms with E-state index >= 15 is 0 Å². The molecule has 2 rings (SSSR count). The molecule has 0 aromatic heterocycles. The number of rotatable bonds is 7. The van der Waals surface area contributed by atoms with Crippen LogP contribution in [0.4, 0.5) is 4.79 Å². The Morgan fingerprint density at radius 1 is 1.38 bits per heavy atom. The molecule has 0 bridgehead atoms. The van der Waals surface area contributed by atoms with Crippen LogP contribution in [0.2, 0.25) is 0 Å². The Labute approximate surface area is 154 Å². The summed E-state index contributed by atoms with van der Waals surface area (Å²) in [7, 11) is -3.63. The standard InChI is InChI=1S/C16H27N3O6S/c1-4-8-24-16(21)19-11-14(25-26(3,22)23)9-13(19)10-18-7-6-17(5-2)12-15(18)20/h4,13-14H,1,5-12H2,2-3H3. The van der Waals surface area contributed by atoms with E-state index in [9.17, 15) is 18.0 Å². The number of likely N-dealkylation sites (tertiary alicyclic amines) is 1. The molecule has 0 aromatic rings. The van der Waals surface area contributed by atoms with Crippen molar-refractivity contribution in [1.29, 1.82) is 0 Å². The number of likely N-dealkylation sites (N-methyl/N-ethyl adjacent to an activating group) is 1. The summed E-state index contributed by atoms with van der Waals surface area (Å²) in [4.78, 5) is 29.8. The van der Waals surface area contributed by atoms with Gasteiger partial charge in [0.25, 0.3) is 10.1 Å². The van der Waals surface area contributed by atoms with Gasteiger partial charge in [-0.25, -0.2) is 4.79 Å². The van der Waals surface area contributed by atoms with Crippen molar-refractivity contribution in [2.75, 3.05) is 52.1 Å². The van der Waals surface area contributed by atoms with E-state index in [0.717, 1.165) is 19.3 Å². The number of amides is 2. The highest BCUT2D eigenvalue weighted by atomic mass is 32.2. The molecule has 26 heavy (non-hydrogen) atoms. The smallest absolute Gasteiger partial charge is 0.410 e. The van der Waals surface area contributed by atoms with Gasteiger partial charge in [-0.15, -0.1) is 0 Å². The van der Waals surface area contributed by atoms with Crippen LogP contribution in [-0.4, -0.2) is 99.4 Å². The van der Waals surface area contributed by atoms with E-state index in [-0.39, 0.29) is 25.1 Å². The van der Waals surface area contributed by atoms with Crippen LogP contribution in [0.1, 0.15) is 13.3 Å². The SMILES string of the molecule is C=CCOC(=O)N1CC(OS(C)(=O)=O)CC1CN1CCN(CC)CC1=O. The average molecular weight is 389 g/mol. The molecule has 0 saturated carbocycles. The molecule has 2 aliphatic rings. The molecule has 0 aromatic carbocycles. The molecule has 2 amide bonds. The van der Waals surface area contributed by atoms with Gasteiger partial charge in [0.05, 0.1) is 31.5 Å². The summed E-state index contributed by atoms with van der Waals surface area (Å²) in [5.41, 5.74) is 0. The first kappa shape index (κ1) is 20.7. The lowest BCUT2D eigenvalue weighted by Gasteiger charge is -2.36. The van der Waals surface area contributed by atoms with Crippen molar-refractivity contribution < 1.29 is 26.9 Å². The quantitative estimate of drug-likeness (QED) is 0.443. The fraction of sp³-hybridized carbons (Fsp3) is 0.750. The minimum atomic E-state index is -3.63. The Morgan fingerprint density at radius 3 is 2.69 bits per heavy atom. The first-order chi connectivity index (χ1) is 12.2. The van der Waals surface area contributed by atoms with Gasteiger partial charge in [0.1, 0.15) is 6.61 Å². The van der Waals surface area contributed by atoms with Gasteiger partial charge < -0.3 is 14.5 Å². The van der Waals surface area contributed by atoms with Gasteiger partial charge in [-0.3, -0.25) is 13.9 Å². The predicted molar refractivity (Wildman–Crippen MR) is 95.1 cm³/mol. The fourth-order valence-electron chi connectivity index (χ4n) is 3.28. The van der Waals surface area contributed by atoms with E-state index in [1.54, 1.807) is 4.90 Å². The number of nitrogens with zero attached hydrogens (tertiary/aromatic N) is 3. The average Bonchev–Trinajstić information content (AvgIpc) is 2.94. The zero-order valence-electron chi connectivity index (χ0n) is 15.3. The number of piperazine rings is 1. The lowest BCUT2D eigenvalue weighted by Crippen LogP contribution is -2.54. The number of carbonyl (C=O) groups excluding carboxylic acids is 2. The second kappa shape index (κ2) is 8.83. The van der Waals surface area contributed by atoms with Crippen molar-refractivity contribution in [2.45, 2.75) is 25.5 Å². The van der Waals surface area contributed by atoms with Crippen molar-refractivity contribution in [1.82, 2.24) is 14.7 Å². The molecule has 0 radical (unpaired) electrons. The summed E-state index contributed by atoms with van der Waals surface area (Å²) in [6, 6.07) is -0.351. The van der Waals surface area contributed by atoms with Gasteiger partial charge in [0, 0.05) is 19.6 Å². The zero-order chi connectivity index (χ0) is 19.3. The molecule has 2 aliphatic heterocycles. The molecular formula is C16H27N3O6S. The Kier molecular flexibility index (Phi) is 7.01. The molecule has 2 atom stereocenters. The highest BCUT2D eigenvalue weighted by Crippen LogP contribution is 2.24. The predicted octanol–water partition coefficient (Wildman–Crippen LogP) is -0.108. The number of ether oxygens (including phenoxy) is 1. The highest BCUT2D eigenvalue weighted by Gasteiger charge is 2.40. The van der Waals surface area contributed by atoms with E-state index in [2.05, 4.69) is 11.5 Å². The van der Waals surface area contributed by atoms with Gasteiger partial charge in [-0.05, 0) is 13.0 Å². The molecule has 2 unspecified atom stereocenters. The number of carbonyl (C=O) groups is 2. The van der Waals surface area contributed by atoms with Crippen LogP contribution >= 0.6 is 0 Å². The first-order valence-electron chi connectivity index (χ1n) is 8.66. The molecule has 2 fully saturated rings. The first-order valence-corrected chi connectivity index (χ1v) is 10.5. The summed E-state index contributed by atoms with van der Waals surface area (Å²) in [6.45, 7) is 8.54. The monoisotopic (exact) mass is 389 g/mol. The third-order valence-corrected chi connectivity index (χ3v) is 5.14. The molecule has 9 nitrogen and oxygen atoms in total. The Balaban J connectivity index is 2.05. The second-order valence-corrected chi connectivity index (χ2v) is 8.14. The van der Waals surface area contributed by atoms with Gasteiger partial charge in [-0.1, -0.05) is 19.6 Å². The van der Waals surface area contributed by atoms with Crippen LogP contribution in [0.5, 0.6) is 0 Å². The molecule has 10 heteroatoms. The maximum atomic E-state index is 12.3. The summed E-state index contributed by atoms with van der Waals surface area (Å²) in [6.07, 6.45) is 1.57. The van der Waals surface area contributed by atoms with Gasteiger partial charge in [-0.2, -0.15) is 8.42 Å². The third kappa shape index (κ3) is 5.68. The van der Waals surface area contributed by atoms with Gasteiger partial charge >= 0.3 is 6.09 Å². The Hall–Kier alpha value is -1.65. The maximum absolute atomic E-state index is 12.3. The minimum Gasteiger partial charge on any atom is -0.445 e. The van der Waals surface area contributed by atoms with Gasteiger partial charge in [0.15, 0.2) is 0 Å². The molecular weight excluding hydrogens is 362 g/mol. The van der Waals surface area contributed by atoms with Crippen LogP contribution in [-0.2, 0) is 23.8 Å². The summed E-state index contributed by atoms with van der Waals surface area (Å²) in [5, 5.41) is 0. The third-order valence-electron chi connectivity index (χ3n) is 4.52. The van der Waals surface area contributed by atoms with Crippen LogP contribution in [0, 0.1) is 0 Å². The van der Waals surface area contributed by atoms with E-state index in [1.807, 2.05) is 6.92 Å². The van der Waals surface area contributed by atoms with E-state index in [1.165, 1.54) is 11.0 Å². The second-order valence-electron chi connectivity index (χ2n) is 6.54.